The first-order valence-corrected chi connectivity index (χ1v) is 8.76. The van der Waals surface area contributed by atoms with Gasteiger partial charge in [0.25, 0.3) is 0 Å². The molecule has 1 atom stereocenters. The average Bonchev–Trinajstić information content (AvgIpc) is 3.03. The summed E-state index contributed by atoms with van der Waals surface area (Å²) in [6, 6.07) is 6.17. The second kappa shape index (κ2) is 9.44. The minimum Gasteiger partial charge on any atom is -0.356 e. The standard InChI is InChI=1S/C16H25N5O.CH5N/c1-13-5-11-21(12-13)19-16(22)18-14-6-9-20(10-7-14)15-4-2-3-8-17-15;1-2/h2-4,8,13-14H,5-7,9-12H2,1H3,(H2,18,19,22);2H2,1H3. The van der Waals surface area contributed by atoms with Crippen LogP contribution in [0.25, 0.3) is 0 Å². The highest BCUT2D eigenvalue weighted by Gasteiger charge is 2.24. The van der Waals surface area contributed by atoms with Crippen LogP contribution >= 0.6 is 0 Å². The molecule has 3 heterocycles. The van der Waals surface area contributed by atoms with E-state index >= 15 is 0 Å². The molecule has 2 aliphatic rings. The summed E-state index contributed by atoms with van der Waals surface area (Å²) in [7, 11) is 1.50. The highest BCUT2D eigenvalue weighted by Crippen LogP contribution is 2.17. The summed E-state index contributed by atoms with van der Waals surface area (Å²) in [5.74, 6) is 1.69. The number of aromatic nitrogens is 1. The van der Waals surface area contributed by atoms with Crippen LogP contribution in [0, 0.1) is 5.92 Å². The maximum Gasteiger partial charge on any atom is 0.329 e. The summed E-state index contributed by atoms with van der Waals surface area (Å²) in [4.78, 5) is 18.7. The van der Waals surface area contributed by atoms with E-state index in [1.54, 1.807) is 0 Å². The number of pyridine rings is 1. The Hall–Kier alpha value is -1.86. The van der Waals surface area contributed by atoms with Crippen molar-refractivity contribution in [3.8, 4) is 0 Å². The maximum absolute atomic E-state index is 12.0. The van der Waals surface area contributed by atoms with Crippen molar-refractivity contribution < 1.29 is 4.79 Å². The van der Waals surface area contributed by atoms with Crippen molar-refractivity contribution in [1.29, 1.82) is 0 Å². The lowest BCUT2D eigenvalue weighted by molar-refractivity contribution is 0.190. The zero-order valence-corrected chi connectivity index (χ0v) is 14.7. The van der Waals surface area contributed by atoms with Crippen LogP contribution in [0.4, 0.5) is 10.6 Å². The molecule has 3 rings (SSSR count). The average molecular weight is 334 g/mol. The predicted molar refractivity (Wildman–Crippen MR) is 96.6 cm³/mol. The molecule has 0 spiro atoms. The van der Waals surface area contributed by atoms with Crippen LogP contribution in [0.5, 0.6) is 0 Å². The SMILES string of the molecule is CC1CCN(NC(=O)NC2CCN(c3ccccn3)CC2)C1.CN. The molecule has 2 saturated heterocycles. The van der Waals surface area contributed by atoms with Crippen molar-refractivity contribution in [2.75, 3.05) is 38.1 Å². The molecule has 7 nitrogen and oxygen atoms in total. The van der Waals surface area contributed by atoms with E-state index in [-0.39, 0.29) is 12.1 Å². The Balaban J connectivity index is 0.00000100. The summed E-state index contributed by atoms with van der Waals surface area (Å²) >= 11 is 0. The largest absolute Gasteiger partial charge is 0.356 e. The van der Waals surface area contributed by atoms with Gasteiger partial charge in [-0.2, -0.15) is 0 Å². The van der Waals surface area contributed by atoms with Crippen molar-refractivity contribution in [3.63, 3.8) is 0 Å². The molecule has 2 amide bonds. The smallest absolute Gasteiger partial charge is 0.329 e. The second-order valence-electron chi connectivity index (χ2n) is 6.37. The van der Waals surface area contributed by atoms with E-state index in [2.05, 4.69) is 33.3 Å². The molecule has 2 fully saturated rings. The topological polar surface area (TPSA) is 86.5 Å². The lowest BCUT2D eigenvalue weighted by atomic mass is 10.1. The van der Waals surface area contributed by atoms with Gasteiger partial charge in [-0.1, -0.05) is 13.0 Å². The predicted octanol–water partition coefficient (Wildman–Crippen LogP) is 1.18. The third-order valence-electron chi connectivity index (χ3n) is 4.49. The molecule has 0 radical (unpaired) electrons. The molecule has 0 aromatic carbocycles. The third kappa shape index (κ3) is 5.35. The lowest BCUT2D eigenvalue weighted by Gasteiger charge is -2.33. The number of urea groups is 1. The molecule has 1 aromatic heterocycles. The highest BCUT2D eigenvalue weighted by atomic mass is 16.2. The van der Waals surface area contributed by atoms with Gasteiger partial charge in [0.05, 0.1) is 0 Å². The van der Waals surface area contributed by atoms with Gasteiger partial charge < -0.3 is 16.0 Å². The number of hydrazine groups is 1. The molecule has 7 heteroatoms. The van der Waals surface area contributed by atoms with E-state index < -0.39 is 0 Å². The fraction of sp³-hybridized carbons (Fsp3) is 0.647. The van der Waals surface area contributed by atoms with Gasteiger partial charge in [-0.05, 0) is 44.4 Å². The molecule has 4 N–H and O–H groups in total. The number of anilines is 1. The zero-order chi connectivity index (χ0) is 17.4. The van der Waals surface area contributed by atoms with E-state index in [4.69, 9.17) is 0 Å². The van der Waals surface area contributed by atoms with E-state index in [9.17, 15) is 4.79 Å². The number of piperidine rings is 1. The van der Waals surface area contributed by atoms with Crippen LogP contribution in [0.1, 0.15) is 26.2 Å². The fourth-order valence-electron chi connectivity index (χ4n) is 3.19. The van der Waals surface area contributed by atoms with E-state index in [0.717, 1.165) is 51.3 Å². The number of carbonyl (C=O) groups excluding carboxylic acids is 1. The summed E-state index contributed by atoms with van der Waals surface area (Å²) < 4.78 is 0. The Bertz CT molecular complexity index is 489. The van der Waals surface area contributed by atoms with Crippen LogP contribution in [0.2, 0.25) is 0 Å². The normalized spacial score (nSPS) is 21.8. The lowest BCUT2D eigenvalue weighted by Crippen LogP contribution is -2.52. The summed E-state index contributed by atoms with van der Waals surface area (Å²) in [5, 5.41) is 5.11. The van der Waals surface area contributed by atoms with E-state index in [1.807, 2.05) is 29.4 Å². The van der Waals surface area contributed by atoms with Gasteiger partial charge in [0.2, 0.25) is 0 Å². The first-order valence-electron chi connectivity index (χ1n) is 8.76. The van der Waals surface area contributed by atoms with Crippen molar-refractivity contribution in [2.45, 2.75) is 32.2 Å². The Labute approximate surface area is 144 Å². The molecular formula is C17H30N6O. The van der Waals surface area contributed by atoms with Crippen molar-refractivity contribution in [3.05, 3.63) is 24.4 Å². The molecule has 0 saturated carbocycles. The molecule has 2 aliphatic heterocycles. The fourth-order valence-corrected chi connectivity index (χ4v) is 3.19. The minimum absolute atomic E-state index is 0.0645. The molecule has 0 bridgehead atoms. The van der Waals surface area contributed by atoms with Crippen molar-refractivity contribution >= 4 is 11.8 Å². The van der Waals surface area contributed by atoms with Crippen LogP contribution < -0.4 is 21.4 Å². The molecule has 24 heavy (non-hydrogen) atoms. The Morgan fingerprint density at radius 3 is 2.54 bits per heavy atom. The van der Waals surface area contributed by atoms with Crippen molar-refractivity contribution in [1.82, 2.24) is 20.7 Å². The second-order valence-corrected chi connectivity index (χ2v) is 6.37. The van der Waals surface area contributed by atoms with Gasteiger partial charge in [0.15, 0.2) is 0 Å². The van der Waals surface area contributed by atoms with Gasteiger partial charge in [-0.3, -0.25) is 5.43 Å². The summed E-state index contributed by atoms with van der Waals surface area (Å²) in [5.41, 5.74) is 7.46. The monoisotopic (exact) mass is 334 g/mol. The third-order valence-corrected chi connectivity index (χ3v) is 4.49. The quantitative estimate of drug-likeness (QED) is 0.773. The number of nitrogens with two attached hydrogens (primary N) is 1. The van der Waals surface area contributed by atoms with E-state index in [1.165, 1.54) is 7.05 Å². The summed E-state index contributed by atoms with van der Waals surface area (Å²) in [6.45, 7) is 5.98. The van der Waals surface area contributed by atoms with Gasteiger partial charge in [-0.15, -0.1) is 0 Å². The summed E-state index contributed by atoms with van der Waals surface area (Å²) in [6.07, 6.45) is 4.90. The van der Waals surface area contributed by atoms with E-state index in [0.29, 0.717) is 5.92 Å². The van der Waals surface area contributed by atoms with Gasteiger partial charge in [0.1, 0.15) is 5.82 Å². The number of nitrogens with zero attached hydrogens (tertiary/aromatic N) is 3. The Morgan fingerprint density at radius 2 is 1.96 bits per heavy atom. The molecule has 0 aliphatic carbocycles. The number of hydrogen-bond donors (Lipinski definition) is 3. The highest BCUT2D eigenvalue weighted by molar-refractivity contribution is 5.73. The molecular weight excluding hydrogens is 304 g/mol. The van der Waals surface area contributed by atoms with Crippen LogP contribution in [-0.4, -0.2) is 55.3 Å². The molecule has 1 unspecified atom stereocenters. The van der Waals surface area contributed by atoms with Crippen molar-refractivity contribution in [2.24, 2.45) is 11.7 Å². The van der Waals surface area contributed by atoms with Crippen LogP contribution in [0.15, 0.2) is 24.4 Å². The molecule has 134 valence electrons. The Kier molecular flexibility index (Phi) is 7.27. The number of hydrogen-bond acceptors (Lipinski definition) is 5. The maximum atomic E-state index is 12.0. The first-order chi connectivity index (χ1) is 11.7. The molecule has 1 aromatic rings. The number of rotatable bonds is 3. The number of carbonyl (C=O) groups is 1. The Morgan fingerprint density at radius 1 is 1.21 bits per heavy atom. The van der Waals surface area contributed by atoms with Gasteiger partial charge in [-0.25, -0.2) is 14.8 Å². The first kappa shape index (κ1) is 18.5. The number of nitrogens with one attached hydrogen (secondary N) is 2. The van der Waals surface area contributed by atoms with Gasteiger partial charge >= 0.3 is 6.03 Å². The minimum atomic E-state index is -0.0645. The van der Waals surface area contributed by atoms with Gasteiger partial charge in [0, 0.05) is 38.4 Å². The van der Waals surface area contributed by atoms with Crippen LogP contribution in [-0.2, 0) is 0 Å². The number of amides is 2. The zero-order valence-electron chi connectivity index (χ0n) is 14.7. The van der Waals surface area contributed by atoms with Crippen LogP contribution in [0.3, 0.4) is 0 Å².